The molecule has 0 bridgehead atoms. The largest absolute Gasteiger partial charge is 0.381 e. The second-order valence-electron chi connectivity index (χ2n) is 5.56. The zero-order valence-corrected chi connectivity index (χ0v) is 13.6. The van der Waals surface area contributed by atoms with E-state index < -0.39 is 0 Å². The number of benzene rings is 1. The van der Waals surface area contributed by atoms with E-state index in [4.69, 9.17) is 0 Å². The van der Waals surface area contributed by atoms with Crippen LogP contribution < -0.4 is 5.32 Å². The summed E-state index contributed by atoms with van der Waals surface area (Å²) >= 11 is 7.11. The van der Waals surface area contributed by atoms with Crippen LogP contribution in [0.2, 0.25) is 0 Å². The van der Waals surface area contributed by atoms with Gasteiger partial charge in [0.25, 0.3) is 0 Å². The number of rotatable bonds is 2. The first-order chi connectivity index (χ1) is 7.99. The molecule has 0 spiro atoms. The summed E-state index contributed by atoms with van der Waals surface area (Å²) in [6.07, 6.45) is 5.30. The molecule has 0 radical (unpaired) electrons. The molecular weight excluding hydrogens is 342 g/mol. The molecule has 0 saturated heterocycles. The van der Waals surface area contributed by atoms with Gasteiger partial charge >= 0.3 is 0 Å². The normalized spacial score (nSPS) is 23.4. The van der Waals surface area contributed by atoms with E-state index in [9.17, 15) is 0 Å². The molecule has 0 aromatic heterocycles. The Hall–Kier alpha value is -0.0200. The van der Waals surface area contributed by atoms with Crippen LogP contribution in [0.3, 0.4) is 0 Å². The van der Waals surface area contributed by atoms with Gasteiger partial charge in [-0.3, -0.25) is 0 Å². The highest BCUT2D eigenvalue weighted by Crippen LogP contribution is 2.38. The van der Waals surface area contributed by atoms with Gasteiger partial charge < -0.3 is 5.32 Å². The van der Waals surface area contributed by atoms with E-state index in [1.54, 1.807) is 0 Å². The number of nitrogens with one attached hydrogen (secondary N) is 1. The number of hydrogen-bond acceptors (Lipinski definition) is 1. The molecule has 0 heterocycles. The van der Waals surface area contributed by atoms with Gasteiger partial charge in [-0.1, -0.05) is 42.6 Å². The summed E-state index contributed by atoms with van der Waals surface area (Å²) in [4.78, 5) is 0. The van der Waals surface area contributed by atoms with E-state index in [-0.39, 0.29) is 0 Å². The Morgan fingerprint density at radius 2 is 2.00 bits per heavy atom. The lowest BCUT2D eigenvalue weighted by Gasteiger charge is -2.39. The Bertz CT molecular complexity index is 401. The lowest BCUT2D eigenvalue weighted by molar-refractivity contribution is 0.217. The van der Waals surface area contributed by atoms with Crippen LogP contribution in [0, 0.1) is 5.41 Å². The average molecular weight is 361 g/mol. The van der Waals surface area contributed by atoms with Gasteiger partial charge in [-0.05, 0) is 52.4 Å². The van der Waals surface area contributed by atoms with Gasteiger partial charge in [0.1, 0.15) is 0 Å². The first-order valence-corrected chi connectivity index (χ1v) is 7.79. The Labute approximate surface area is 121 Å². The summed E-state index contributed by atoms with van der Waals surface area (Å²) in [6.45, 7) is 4.74. The molecule has 2 rings (SSSR count). The lowest BCUT2D eigenvalue weighted by atomic mass is 9.73. The predicted octanol–water partition coefficient (Wildman–Crippen LogP) is 5.59. The molecule has 17 heavy (non-hydrogen) atoms. The number of halogens is 2. The second kappa shape index (κ2) is 5.31. The van der Waals surface area contributed by atoms with Crippen molar-refractivity contribution < 1.29 is 0 Å². The topological polar surface area (TPSA) is 12.0 Å². The molecule has 94 valence electrons. The molecule has 1 aliphatic rings. The van der Waals surface area contributed by atoms with Crippen LogP contribution in [0.4, 0.5) is 5.69 Å². The third-order valence-corrected chi connectivity index (χ3v) is 4.92. The fourth-order valence-corrected chi connectivity index (χ4v) is 3.72. The molecule has 1 aromatic rings. The maximum atomic E-state index is 3.70. The molecule has 1 nitrogen and oxygen atoms in total. The van der Waals surface area contributed by atoms with Gasteiger partial charge in [0, 0.05) is 20.7 Å². The monoisotopic (exact) mass is 359 g/mol. The van der Waals surface area contributed by atoms with Gasteiger partial charge in [0.2, 0.25) is 0 Å². The molecule has 1 N–H and O–H groups in total. The standard InChI is InChI=1S/C14H19Br2N/c1-14(2)8-4-3-5-13(14)17-12-7-6-10(15)9-11(12)16/h6-7,9,13,17H,3-5,8H2,1-2H3. The average Bonchev–Trinajstić information content (AvgIpc) is 2.24. The highest BCUT2D eigenvalue weighted by molar-refractivity contribution is 9.11. The quantitative estimate of drug-likeness (QED) is 0.724. The number of hydrogen-bond donors (Lipinski definition) is 1. The summed E-state index contributed by atoms with van der Waals surface area (Å²) in [6, 6.07) is 6.90. The number of anilines is 1. The maximum Gasteiger partial charge on any atom is 0.0487 e. The SMILES string of the molecule is CC1(C)CCCCC1Nc1ccc(Br)cc1Br. The van der Waals surface area contributed by atoms with Gasteiger partial charge in [0.05, 0.1) is 0 Å². The summed E-state index contributed by atoms with van der Waals surface area (Å²) in [5.74, 6) is 0. The van der Waals surface area contributed by atoms with Crippen molar-refractivity contribution in [3.8, 4) is 0 Å². The highest BCUT2D eigenvalue weighted by atomic mass is 79.9. The molecule has 1 saturated carbocycles. The second-order valence-corrected chi connectivity index (χ2v) is 7.33. The Morgan fingerprint density at radius 3 is 2.65 bits per heavy atom. The lowest BCUT2D eigenvalue weighted by Crippen LogP contribution is -2.38. The van der Waals surface area contributed by atoms with Crippen LogP contribution in [-0.4, -0.2) is 6.04 Å². The molecule has 1 atom stereocenters. The molecule has 1 aliphatic carbocycles. The minimum Gasteiger partial charge on any atom is -0.381 e. The van der Waals surface area contributed by atoms with Crippen molar-refractivity contribution in [2.45, 2.75) is 45.6 Å². The van der Waals surface area contributed by atoms with Crippen molar-refractivity contribution in [2.75, 3.05) is 5.32 Å². The first kappa shape index (κ1) is 13.4. The maximum absolute atomic E-state index is 3.70. The van der Waals surface area contributed by atoms with Gasteiger partial charge in [-0.15, -0.1) is 0 Å². The van der Waals surface area contributed by atoms with Crippen molar-refractivity contribution in [3.63, 3.8) is 0 Å². The minimum atomic E-state index is 0.394. The van der Waals surface area contributed by atoms with E-state index in [2.05, 4.69) is 69.2 Å². The highest BCUT2D eigenvalue weighted by Gasteiger charge is 2.32. The molecule has 1 aromatic carbocycles. The predicted molar refractivity (Wildman–Crippen MR) is 81.5 cm³/mol. The van der Waals surface area contributed by atoms with Crippen LogP contribution in [0.5, 0.6) is 0 Å². The Morgan fingerprint density at radius 1 is 1.24 bits per heavy atom. The fraction of sp³-hybridized carbons (Fsp3) is 0.571. The third-order valence-electron chi connectivity index (χ3n) is 3.77. The van der Waals surface area contributed by atoms with Crippen molar-refractivity contribution in [1.29, 1.82) is 0 Å². The smallest absolute Gasteiger partial charge is 0.0487 e. The molecule has 3 heteroatoms. The van der Waals surface area contributed by atoms with E-state index in [0.29, 0.717) is 11.5 Å². The summed E-state index contributed by atoms with van der Waals surface area (Å²) < 4.78 is 2.24. The molecule has 1 unspecified atom stereocenters. The van der Waals surface area contributed by atoms with Gasteiger partial charge in [-0.2, -0.15) is 0 Å². The van der Waals surface area contributed by atoms with Crippen molar-refractivity contribution in [3.05, 3.63) is 27.1 Å². The zero-order valence-electron chi connectivity index (χ0n) is 10.4. The van der Waals surface area contributed by atoms with Crippen LogP contribution in [0.25, 0.3) is 0 Å². The molecule has 0 aliphatic heterocycles. The van der Waals surface area contributed by atoms with Crippen LogP contribution in [0.1, 0.15) is 39.5 Å². The van der Waals surface area contributed by atoms with Gasteiger partial charge in [-0.25, -0.2) is 0 Å². The first-order valence-electron chi connectivity index (χ1n) is 6.21. The van der Waals surface area contributed by atoms with Crippen LogP contribution >= 0.6 is 31.9 Å². The summed E-state index contributed by atoms with van der Waals surface area (Å²) in [5, 5.41) is 3.70. The summed E-state index contributed by atoms with van der Waals surface area (Å²) in [5.41, 5.74) is 1.60. The van der Waals surface area contributed by atoms with Crippen molar-refractivity contribution in [1.82, 2.24) is 0 Å². The van der Waals surface area contributed by atoms with Gasteiger partial charge in [0.15, 0.2) is 0 Å². The van der Waals surface area contributed by atoms with E-state index in [0.717, 1.165) is 8.95 Å². The summed E-state index contributed by atoms with van der Waals surface area (Å²) in [7, 11) is 0. The van der Waals surface area contributed by atoms with Crippen LogP contribution in [0.15, 0.2) is 27.1 Å². The minimum absolute atomic E-state index is 0.394. The molecule has 1 fully saturated rings. The molecular formula is C14H19Br2N. The zero-order chi connectivity index (χ0) is 12.5. The third kappa shape index (κ3) is 3.25. The van der Waals surface area contributed by atoms with Crippen LogP contribution in [-0.2, 0) is 0 Å². The fourth-order valence-electron chi connectivity index (χ4n) is 2.56. The van der Waals surface area contributed by atoms with E-state index in [1.165, 1.54) is 31.4 Å². The molecule has 0 amide bonds. The van der Waals surface area contributed by atoms with E-state index in [1.807, 2.05) is 0 Å². The Kier molecular flexibility index (Phi) is 4.19. The van der Waals surface area contributed by atoms with Crippen molar-refractivity contribution in [2.24, 2.45) is 5.41 Å². The van der Waals surface area contributed by atoms with E-state index >= 15 is 0 Å². The van der Waals surface area contributed by atoms with Crippen molar-refractivity contribution >= 4 is 37.5 Å². The Balaban J connectivity index is 2.14.